The predicted octanol–water partition coefficient (Wildman–Crippen LogP) is 24.2. The molecule has 0 bridgehead atoms. The van der Waals surface area contributed by atoms with Crippen LogP contribution in [0, 0.1) is 0 Å². The van der Waals surface area contributed by atoms with Crippen LogP contribution in [0.3, 0.4) is 0 Å². The maximum Gasteiger partial charge on any atom is 0.0431 e. The van der Waals surface area contributed by atoms with Gasteiger partial charge in [0.15, 0.2) is 0 Å². The highest BCUT2D eigenvalue weighted by molar-refractivity contribution is 4.56. The number of hydrogen-bond acceptors (Lipinski definition) is 1. The van der Waals surface area contributed by atoms with Gasteiger partial charge in [-0.25, -0.2) is 0 Å². The van der Waals surface area contributed by atoms with Crippen LogP contribution in [0.15, 0.2) is 0 Å². The summed E-state index contributed by atoms with van der Waals surface area (Å²) in [6, 6.07) is 0. The molecule has 0 radical (unpaired) electrons. The van der Waals surface area contributed by atoms with Gasteiger partial charge < -0.3 is 5.11 Å². The van der Waals surface area contributed by atoms with Crippen LogP contribution in [0.25, 0.3) is 0 Å². The fourth-order valence-corrected chi connectivity index (χ4v) is 10.8. The molecule has 0 aromatic heterocycles. The van der Waals surface area contributed by atoms with Crippen molar-refractivity contribution in [2.45, 2.75) is 405 Å². The Morgan fingerprint density at radius 3 is 0.277 bits per heavy atom. The van der Waals surface area contributed by atoms with Gasteiger partial charge in [-0.2, -0.15) is 0 Å². The van der Waals surface area contributed by atoms with Gasteiger partial charge in [-0.15, -0.1) is 0 Å². The summed E-state index contributed by atoms with van der Waals surface area (Å²) in [7, 11) is 0. The largest absolute Gasteiger partial charge is 0.396 e. The molecule has 0 atom stereocenters. The number of hydrogen-bond donors (Lipinski definition) is 1. The first kappa shape index (κ1) is 65.0. The predicted molar refractivity (Wildman–Crippen MR) is 299 cm³/mol. The van der Waals surface area contributed by atoms with Gasteiger partial charge in [0.05, 0.1) is 0 Å². The highest BCUT2D eigenvalue weighted by Crippen LogP contribution is 2.20. The first-order valence-corrected chi connectivity index (χ1v) is 32.0. The molecule has 0 unspecified atom stereocenters. The molecule has 0 saturated carbocycles. The monoisotopic (exact) mass is 915 g/mol. The smallest absolute Gasteiger partial charge is 0.0431 e. The average molecular weight is 916 g/mol. The van der Waals surface area contributed by atoms with Crippen molar-refractivity contribution in [2.75, 3.05) is 6.61 Å². The number of aliphatic hydroxyl groups is 1. The molecule has 65 heavy (non-hydrogen) atoms. The van der Waals surface area contributed by atoms with E-state index in [1.807, 2.05) is 0 Å². The lowest BCUT2D eigenvalue weighted by Crippen LogP contribution is -1.85. The third-order valence-corrected chi connectivity index (χ3v) is 15.5. The Bertz CT molecular complexity index is 699. The van der Waals surface area contributed by atoms with Gasteiger partial charge in [0, 0.05) is 6.61 Å². The molecule has 0 rings (SSSR count). The molecule has 0 aliphatic carbocycles. The molecule has 0 aliphatic heterocycles. The van der Waals surface area contributed by atoms with Gasteiger partial charge in [-0.05, 0) is 6.42 Å². The maximum atomic E-state index is 8.83. The molecule has 0 aromatic carbocycles. The van der Waals surface area contributed by atoms with Crippen LogP contribution in [0.4, 0.5) is 0 Å². The van der Waals surface area contributed by atoms with Crippen LogP contribution in [0.1, 0.15) is 405 Å². The van der Waals surface area contributed by atoms with E-state index in [1.54, 1.807) is 0 Å². The van der Waals surface area contributed by atoms with E-state index in [-0.39, 0.29) is 0 Å². The van der Waals surface area contributed by atoms with Crippen molar-refractivity contribution in [2.24, 2.45) is 0 Å². The summed E-state index contributed by atoms with van der Waals surface area (Å²) < 4.78 is 0. The number of aliphatic hydroxyl groups excluding tert-OH is 1. The van der Waals surface area contributed by atoms with Crippen molar-refractivity contribution in [3.05, 3.63) is 0 Å². The van der Waals surface area contributed by atoms with Crippen molar-refractivity contribution >= 4 is 0 Å². The molecule has 0 heterocycles. The van der Waals surface area contributed by atoms with Crippen LogP contribution < -0.4 is 0 Å². The van der Waals surface area contributed by atoms with Crippen molar-refractivity contribution in [3.63, 3.8) is 0 Å². The summed E-state index contributed by atoms with van der Waals surface area (Å²) in [4.78, 5) is 0. The van der Waals surface area contributed by atoms with E-state index in [1.165, 1.54) is 392 Å². The van der Waals surface area contributed by atoms with Crippen LogP contribution in [-0.4, -0.2) is 11.7 Å². The Balaban J connectivity index is 3.06. The highest BCUT2D eigenvalue weighted by atomic mass is 16.2. The molecule has 392 valence electrons. The van der Waals surface area contributed by atoms with Crippen molar-refractivity contribution in [1.29, 1.82) is 0 Å². The summed E-state index contributed by atoms with van der Waals surface area (Å²) in [5, 5.41) is 8.83. The summed E-state index contributed by atoms with van der Waals surface area (Å²) in [6.07, 6.45) is 91.0. The summed E-state index contributed by atoms with van der Waals surface area (Å²) in [5.74, 6) is 0. The Morgan fingerprint density at radius 2 is 0.200 bits per heavy atom. The first-order valence-electron chi connectivity index (χ1n) is 32.0. The van der Waals surface area contributed by atoms with Gasteiger partial charge >= 0.3 is 0 Å². The van der Waals surface area contributed by atoms with Gasteiger partial charge in [0.2, 0.25) is 0 Å². The number of rotatable bonds is 62. The maximum absolute atomic E-state index is 8.83. The zero-order valence-corrected chi connectivity index (χ0v) is 46.0. The minimum absolute atomic E-state index is 0.375. The Kier molecular flexibility index (Phi) is 63.9. The fraction of sp³-hybridized carbons (Fsp3) is 1.00. The van der Waals surface area contributed by atoms with Gasteiger partial charge in [0.25, 0.3) is 0 Å². The molecule has 0 aliphatic rings. The molecule has 0 fully saturated rings. The van der Waals surface area contributed by atoms with Crippen molar-refractivity contribution in [1.82, 2.24) is 0 Å². The molecule has 0 aromatic rings. The van der Waals surface area contributed by atoms with E-state index in [4.69, 9.17) is 5.11 Å². The van der Waals surface area contributed by atoms with Crippen LogP contribution in [0.5, 0.6) is 0 Å². The van der Waals surface area contributed by atoms with Crippen LogP contribution in [-0.2, 0) is 0 Å². The molecule has 0 spiro atoms. The molecule has 0 saturated heterocycles. The minimum atomic E-state index is 0.375. The topological polar surface area (TPSA) is 20.2 Å². The lowest BCUT2D eigenvalue weighted by molar-refractivity contribution is 0.282. The minimum Gasteiger partial charge on any atom is -0.396 e. The summed E-state index contributed by atoms with van der Waals surface area (Å²) in [5.41, 5.74) is 0. The quantitative estimate of drug-likeness (QED) is 0.0603. The second-order valence-electron chi connectivity index (χ2n) is 22.3. The van der Waals surface area contributed by atoms with Gasteiger partial charge in [0.1, 0.15) is 0 Å². The third-order valence-electron chi connectivity index (χ3n) is 15.5. The Hall–Kier alpha value is -0.0400. The Morgan fingerprint density at radius 1 is 0.123 bits per heavy atom. The van der Waals surface area contributed by atoms with E-state index in [2.05, 4.69) is 6.92 Å². The second-order valence-corrected chi connectivity index (χ2v) is 22.3. The zero-order valence-electron chi connectivity index (χ0n) is 46.0. The second kappa shape index (κ2) is 64.0. The molecule has 0 amide bonds. The molecule has 1 nitrogen and oxygen atoms in total. The SMILES string of the molecule is CCCCCCCCCCCCCCCCCCCCCCCCCCCCCCCCCCCCCCCCCCCCCCCCCCCCCCCCCCCCCCCCO. The lowest BCUT2D eigenvalue weighted by atomic mass is 10.0. The summed E-state index contributed by atoms with van der Waals surface area (Å²) >= 11 is 0. The zero-order chi connectivity index (χ0) is 46.5. The van der Waals surface area contributed by atoms with E-state index in [9.17, 15) is 0 Å². The first-order chi connectivity index (χ1) is 32.4. The molecular formula is C64H130O. The molecular weight excluding hydrogens is 785 g/mol. The highest BCUT2D eigenvalue weighted by Gasteiger charge is 2.00. The average Bonchev–Trinajstić information content (AvgIpc) is 3.32. The summed E-state index contributed by atoms with van der Waals surface area (Å²) in [6.45, 7) is 2.69. The van der Waals surface area contributed by atoms with Gasteiger partial charge in [-0.1, -0.05) is 399 Å². The van der Waals surface area contributed by atoms with Crippen LogP contribution in [0.2, 0.25) is 0 Å². The normalized spacial score (nSPS) is 11.7. The molecule has 1 N–H and O–H groups in total. The molecule has 1 heteroatoms. The lowest BCUT2D eigenvalue weighted by Gasteiger charge is -2.05. The van der Waals surface area contributed by atoms with Gasteiger partial charge in [-0.3, -0.25) is 0 Å². The standard InChI is InChI=1S/C64H130O/c1-2-3-4-5-6-7-8-9-10-11-12-13-14-15-16-17-18-19-20-21-22-23-24-25-26-27-28-29-30-31-32-33-34-35-36-37-38-39-40-41-42-43-44-45-46-47-48-49-50-51-52-53-54-55-56-57-58-59-60-61-62-63-64-65/h65H,2-64H2,1H3. The van der Waals surface area contributed by atoms with E-state index in [0.717, 1.165) is 6.42 Å². The third kappa shape index (κ3) is 64.0. The number of unbranched alkanes of at least 4 members (excludes halogenated alkanes) is 61. The van der Waals surface area contributed by atoms with Crippen molar-refractivity contribution < 1.29 is 5.11 Å². The Labute approximate surface area is 415 Å². The van der Waals surface area contributed by atoms with E-state index < -0.39 is 0 Å². The van der Waals surface area contributed by atoms with E-state index in [0.29, 0.717) is 6.61 Å². The van der Waals surface area contributed by atoms with Crippen molar-refractivity contribution in [3.8, 4) is 0 Å². The van der Waals surface area contributed by atoms with Crippen LogP contribution >= 0.6 is 0 Å². The van der Waals surface area contributed by atoms with E-state index >= 15 is 0 Å². The fourth-order valence-electron chi connectivity index (χ4n) is 10.8.